The third-order valence-corrected chi connectivity index (χ3v) is 3.47. The largest absolute Gasteiger partial charge is 0.325 e. The van der Waals surface area contributed by atoms with Gasteiger partial charge in [0.1, 0.15) is 0 Å². The van der Waals surface area contributed by atoms with Crippen LogP contribution in [0.4, 0.5) is 5.69 Å². The molecule has 0 bridgehead atoms. The molecule has 0 radical (unpaired) electrons. The number of halogens is 1. The highest BCUT2D eigenvalue weighted by molar-refractivity contribution is 6.30. The number of hydrogen-bond donors (Lipinski definition) is 2. The highest BCUT2D eigenvalue weighted by Crippen LogP contribution is 2.13. The van der Waals surface area contributed by atoms with Crippen molar-refractivity contribution >= 4 is 23.2 Å². The van der Waals surface area contributed by atoms with E-state index in [0.29, 0.717) is 17.6 Å². The molecule has 0 aliphatic carbocycles. The monoisotopic (exact) mass is 296 g/mol. The molecule has 0 saturated carbocycles. The molecular formula is C16H25ClN2O. The van der Waals surface area contributed by atoms with Crippen molar-refractivity contribution in [2.45, 2.75) is 52.0 Å². The number of amides is 1. The zero-order valence-electron chi connectivity index (χ0n) is 12.4. The van der Waals surface area contributed by atoms with Gasteiger partial charge in [0.05, 0.1) is 6.54 Å². The van der Waals surface area contributed by atoms with E-state index < -0.39 is 0 Å². The number of rotatable bonds is 9. The molecule has 2 N–H and O–H groups in total. The summed E-state index contributed by atoms with van der Waals surface area (Å²) < 4.78 is 0. The number of unbranched alkanes of at least 4 members (excludes halogenated alkanes) is 1. The van der Waals surface area contributed by atoms with Crippen molar-refractivity contribution in [3.63, 3.8) is 0 Å². The summed E-state index contributed by atoms with van der Waals surface area (Å²) in [5.41, 5.74) is 0.779. The average Bonchev–Trinajstić information content (AvgIpc) is 2.44. The Hall–Kier alpha value is -1.06. The maximum absolute atomic E-state index is 11.9. The summed E-state index contributed by atoms with van der Waals surface area (Å²) in [6.07, 6.45) is 5.79. The molecule has 0 aromatic heterocycles. The Morgan fingerprint density at radius 3 is 2.45 bits per heavy atom. The van der Waals surface area contributed by atoms with Crippen molar-refractivity contribution in [1.29, 1.82) is 0 Å². The lowest BCUT2D eigenvalue weighted by Gasteiger charge is -2.17. The van der Waals surface area contributed by atoms with Crippen molar-refractivity contribution in [2.75, 3.05) is 11.9 Å². The van der Waals surface area contributed by atoms with Crippen LogP contribution in [-0.2, 0) is 4.79 Å². The molecule has 1 unspecified atom stereocenters. The fourth-order valence-electron chi connectivity index (χ4n) is 2.12. The fraction of sp³-hybridized carbons (Fsp3) is 0.562. The van der Waals surface area contributed by atoms with E-state index in [-0.39, 0.29) is 5.91 Å². The molecule has 0 fully saturated rings. The van der Waals surface area contributed by atoms with Crippen molar-refractivity contribution in [3.05, 3.63) is 29.3 Å². The van der Waals surface area contributed by atoms with Crippen LogP contribution in [0.5, 0.6) is 0 Å². The third kappa shape index (κ3) is 6.92. The van der Waals surface area contributed by atoms with E-state index in [4.69, 9.17) is 11.6 Å². The Kier molecular flexibility index (Phi) is 8.31. The Balaban J connectivity index is 2.34. The second-order valence-electron chi connectivity index (χ2n) is 5.06. The smallest absolute Gasteiger partial charge is 0.238 e. The minimum Gasteiger partial charge on any atom is -0.325 e. The van der Waals surface area contributed by atoms with Crippen LogP contribution < -0.4 is 10.6 Å². The van der Waals surface area contributed by atoms with Crippen molar-refractivity contribution in [2.24, 2.45) is 0 Å². The van der Waals surface area contributed by atoms with Crippen LogP contribution in [0.15, 0.2) is 24.3 Å². The van der Waals surface area contributed by atoms with Crippen molar-refractivity contribution in [1.82, 2.24) is 5.32 Å². The average molecular weight is 297 g/mol. The van der Waals surface area contributed by atoms with Gasteiger partial charge in [-0.1, -0.05) is 44.7 Å². The molecular weight excluding hydrogens is 272 g/mol. The second-order valence-corrected chi connectivity index (χ2v) is 5.50. The van der Waals surface area contributed by atoms with Gasteiger partial charge in [-0.05, 0) is 37.1 Å². The number of benzene rings is 1. The molecule has 1 aromatic rings. The zero-order valence-corrected chi connectivity index (χ0v) is 13.2. The lowest BCUT2D eigenvalue weighted by molar-refractivity contribution is -0.115. The second kappa shape index (κ2) is 9.78. The SMILES string of the molecule is CCCCC(CCC)NCC(=O)Nc1ccc(Cl)cc1. The lowest BCUT2D eigenvalue weighted by Crippen LogP contribution is -2.36. The minimum absolute atomic E-state index is 0.00933. The van der Waals surface area contributed by atoms with E-state index >= 15 is 0 Å². The molecule has 1 rings (SSSR count). The molecule has 0 spiro atoms. The molecule has 0 heterocycles. The Morgan fingerprint density at radius 1 is 1.15 bits per heavy atom. The molecule has 0 saturated heterocycles. The fourth-order valence-corrected chi connectivity index (χ4v) is 2.25. The van der Waals surface area contributed by atoms with Crippen LogP contribution in [0.3, 0.4) is 0 Å². The van der Waals surface area contributed by atoms with Gasteiger partial charge in [-0.15, -0.1) is 0 Å². The third-order valence-electron chi connectivity index (χ3n) is 3.22. The molecule has 1 aromatic carbocycles. The molecule has 0 aliphatic heterocycles. The highest BCUT2D eigenvalue weighted by Gasteiger charge is 2.09. The summed E-state index contributed by atoms with van der Waals surface area (Å²) in [4.78, 5) is 11.9. The van der Waals surface area contributed by atoms with Gasteiger partial charge < -0.3 is 10.6 Å². The number of carbonyl (C=O) groups excluding carboxylic acids is 1. The highest BCUT2D eigenvalue weighted by atomic mass is 35.5. The predicted octanol–water partition coefficient (Wildman–Crippen LogP) is 4.23. The zero-order chi connectivity index (χ0) is 14.8. The van der Waals surface area contributed by atoms with Gasteiger partial charge in [0.15, 0.2) is 0 Å². The van der Waals surface area contributed by atoms with Gasteiger partial charge in [0, 0.05) is 16.8 Å². The van der Waals surface area contributed by atoms with Gasteiger partial charge in [-0.25, -0.2) is 0 Å². The van der Waals surface area contributed by atoms with Gasteiger partial charge in [-0.2, -0.15) is 0 Å². The quantitative estimate of drug-likeness (QED) is 0.716. The van der Waals surface area contributed by atoms with Crippen molar-refractivity contribution < 1.29 is 4.79 Å². The van der Waals surface area contributed by atoms with E-state index in [1.54, 1.807) is 24.3 Å². The van der Waals surface area contributed by atoms with Crippen LogP contribution in [0.1, 0.15) is 46.0 Å². The van der Waals surface area contributed by atoms with Gasteiger partial charge in [-0.3, -0.25) is 4.79 Å². The molecule has 1 amide bonds. The Labute approximate surface area is 127 Å². The topological polar surface area (TPSA) is 41.1 Å². The first-order chi connectivity index (χ1) is 9.65. The molecule has 4 heteroatoms. The summed E-state index contributed by atoms with van der Waals surface area (Å²) >= 11 is 5.81. The number of nitrogens with one attached hydrogen (secondary N) is 2. The number of hydrogen-bond acceptors (Lipinski definition) is 2. The summed E-state index contributed by atoms with van der Waals surface area (Å²) in [5.74, 6) is -0.00933. The van der Waals surface area contributed by atoms with Crippen LogP contribution in [0, 0.1) is 0 Å². The Bertz CT molecular complexity index is 392. The first-order valence-electron chi connectivity index (χ1n) is 7.44. The summed E-state index contributed by atoms with van der Waals surface area (Å²) in [7, 11) is 0. The first-order valence-corrected chi connectivity index (χ1v) is 7.82. The maximum Gasteiger partial charge on any atom is 0.238 e. The van der Waals surface area contributed by atoms with Gasteiger partial charge >= 0.3 is 0 Å². The molecule has 3 nitrogen and oxygen atoms in total. The number of anilines is 1. The normalized spacial score (nSPS) is 12.2. The van der Waals surface area contributed by atoms with Crippen LogP contribution in [0.25, 0.3) is 0 Å². The minimum atomic E-state index is -0.00933. The van der Waals surface area contributed by atoms with Gasteiger partial charge in [0.2, 0.25) is 5.91 Å². The van der Waals surface area contributed by atoms with Crippen molar-refractivity contribution in [3.8, 4) is 0 Å². The van der Waals surface area contributed by atoms with Crippen LogP contribution >= 0.6 is 11.6 Å². The van der Waals surface area contributed by atoms with Gasteiger partial charge in [0.25, 0.3) is 0 Å². The summed E-state index contributed by atoms with van der Waals surface area (Å²) in [5, 5.41) is 6.88. The molecule has 0 aliphatic rings. The van der Waals surface area contributed by atoms with Crippen LogP contribution in [-0.4, -0.2) is 18.5 Å². The standard InChI is InChI=1S/C16H25ClN2O/c1-3-5-7-14(6-4-2)18-12-16(20)19-15-10-8-13(17)9-11-15/h8-11,14,18H,3-7,12H2,1-2H3,(H,19,20). The first kappa shape index (κ1) is 17.0. The summed E-state index contributed by atoms with van der Waals surface area (Å²) in [6.45, 7) is 4.72. The van der Waals surface area contributed by atoms with Crippen LogP contribution in [0.2, 0.25) is 5.02 Å². The number of carbonyl (C=O) groups is 1. The molecule has 112 valence electrons. The van der Waals surface area contributed by atoms with E-state index in [0.717, 1.165) is 24.9 Å². The molecule has 1 atom stereocenters. The Morgan fingerprint density at radius 2 is 1.85 bits per heavy atom. The van der Waals surface area contributed by atoms with E-state index in [2.05, 4.69) is 24.5 Å². The van der Waals surface area contributed by atoms with E-state index in [9.17, 15) is 4.79 Å². The van der Waals surface area contributed by atoms with E-state index in [1.165, 1.54) is 12.8 Å². The summed E-state index contributed by atoms with van der Waals surface area (Å²) in [6, 6.07) is 7.59. The molecule has 20 heavy (non-hydrogen) atoms. The lowest BCUT2D eigenvalue weighted by atomic mass is 10.1. The predicted molar refractivity (Wildman–Crippen MR) is 86.3 cm³/mol. The maximum atomic E-state index is 11.9. The van der Waals surface area contributed by atoms with E-state index in [1.807, 2.05) is 0 Å².